The van der Waals surface area contributed by atoms with Crippen LogP contribution in [0.3, 0.4) is 0 Å². The molecule has 1 aromatic carbocycles. The van der Waals surface area contributed by atoms with Crippen molar-refractivity contribution in [3.05, 3.63) is 47.3 Å². The van der Waals surface area contributed by atoms with Gasteiger partial charge in [0, 0.05) is 17.0 Å². The van der Waals surface area contributed by atoms with E-state index in [1.54, 1.807) is 13.0 Å². The van der Waals surface area contributed by atoms with Gasteiger partial charge in [0.2, 0.25) is 0 Å². The molecule has 2 heterocycles. The average Bonchev–Trinajstić information content (AvgIpc) is 2.95. The van der Waals surface area contributed by atoms with Gasteiger partial charge in [-0.3, -0.25) is 4.79 Å². The molecule has 0 aliphatic carbocycles. The molecule has 5 heteroatoms. The SMILES string of the molecule is Cc1ccc2[nH]c(C(=O)Nc3cc(C)on3)cc2c1. The average molecular weight is 255 g/mol. The summed E-state index contributed by atoms with van der Waals surface area (Å²) >= 11 is 0. The fourth-order valence-electron chi connectivity index (χ4n) is 1.98. The summed E-state index contributed by atoms with van der Waals surface area (Å²) in [5.74, 6) is 0.835. The lowest BCUT2D eigenvalue weighted by Crippen LogP contribution is -2.12. The lowest BCUT2D eigenvalue weighted by molar-refractivity contribution is 0.102. The number of carbonyl (C=O) groups excluding carboxylic acids is 1. The number of fused-ring (bicyclic) bond motifs is 1. The monoisotopic (exact) mass is 255 g/mol. The molecule has 19 heavy (non-hydrogen) atoms. The van der Waals surface area contributed by atoms with Crippen molar-refractivity contribution >= 4 is 22.6 Å². The number of anilines is 1. The summed E-state index contributed by atoms with van der Waals surface area (Å²) in [6.45, 7) is 3.79. The standard InChI is InChI=1S/C14H13N3O2/c1-8-3-4-11-10(5-8)7-12(15-11)14(18)16-13-6-9(2)19-17-13/h3-7,15H,1-2H3,(H,16,17,18). The molecule has 0 bridgehead atoms. The number of amides is 1. The molecule has 0 saturated heterocycles. The van der Waals surface area contributed by atoms with Crippen LogP contribution in [-0.4, -0.2) is 16.0 Å². The lowest BCUT2D eigenvalue weighted by atomic mass is 10.2. The van der Waals surface area contributed by atoms with Gasteiger partial charge in [0.1, 0.15) is 11.5 Å². The fraction of sp³-hybridized carbons (Fsp3) is 0.143. The zero-order valence-electron chi connectivity index (χ0n) is 10.7. The second kappa shape index (κ2) is 4.28. The minimum atomic E-state index is -0.234. The van der Waals surface area contributed by atoms with Crippen molar-refractivity contribution < 1.29 is 9.32 Å². The zero-order chi connectivity index (χ0) is 13.4. The molecule has 0 unspecified atom stereocenters. The molecule has 0 saturated carbocycles. The number of nitrogens with zero attached hydrogens (tertiary/aromatic N) is 1. The number of aryl methyl sites for hydroxylation is 2. The molecular formula is C14H13N3O2. The Morgan fingerprint density at radius 3 is 2.84 bits per heavy atom. The number of aromatic nitrogens is 2. The number of hydrogen-bond acceptors (Lipinski definition) is 3. The number of carbonyl (C=O) groups is 1. The van der Waals surface area contributed by atoms with Gasteiger partial charge in [-0.1, -0.05) is 16.8 Å². The smallest absolute Gasteiger partial charge is 0.273 e. The van der Waals surface area contributed by atoms with Gasteiger partial charge in [0.05, 0.1) is 0 Å². The van der Waals surface area contributed by atoms with E-state index in [2.05, 4.69) is 15.5 Å². The number of H-pyrrole nitrogens is 1. The quantitative estimate of drug-likeness (QED) is 0.739. The first-order valence-corrected chi connectivity index (χ1v) is 5.96. The van der Waals surface area contributed by atoms with E-state index in [9.17, 15) is 4.79 Å². The molecule has 0 fully saturated rings. The highest BCUT2D eigenvalue weighted by Gasteiger charge is 2.11. The Kier molecular flexibility index (Phi) is 2.59. The summed E-state index contributed by atoms with van der Waals surface area (Å²) in [7, 11) is 0. The minimum Gasteiger partial charge on any atom is -0.360 e. The summed E-state index contributed by atoms with van der Waals surface area (Å²) in [5.41, 5.74) is 2.60. The molecule has 1 amide bonds. The third-order valence-electron chi connectivity index (χ3n) is 2.89. The predicted molar refractivity (Wildman–Crippen MR) is 72.2 cm³/mol. The number of nitrogens with one attached hydrogen (secondary N) is 2. The van der Waals surface area contributed by atoms with Gasteiger partial charge in [0.15, 0.2) is 5.82 Å². The summed E-state index contributed by atoms with van der Waals surface area (Å²) < 4.78 is 4.90. The molecule has 0 radical (unpaired) electrons. The van der Waals surface area contributed by atoms with Crippen molar-refractivity contribution in [2.45, 2.75) is 13.8 Å². The minimum absolute atomic E-state index is 0.234. The Morgan fingerprint density at radius 2 is 2.11 bits per heavy atom. The number of aromatic amines is 1. The van der Waals surface area contributed by atoms with Gasteiger partial charge >= 0.3 is 0 Å². The predicted octanol–water partition coefficient (Wildman–Crippen LogP) is 3.03. The van der Waals surface area contributed by atoms with E-state index in [0.717, 1.165) is 16.5 Å². The highest BCUT2D eigenvalue weighted by atomic mass is 16.5. The third-order valence-corrected chi connectivity index (χ3v) is 2.89. The van der Waals surface area contributed by atoms with Crippen LogP contribution in [0.2, 0.25) is 0 Å². The van der Waals surface area contributed by atoms with Crippen molar-refractivity contribution in [1.82, 2.24) is 10.1 Å². The van der Waals surface area contributed by atoms with Gasteiger partial charge in [-0.15, -0.1) is 0 Å². The second-order valence-corrected chi connectivity index (χ2v) is 4.55. The summed E-state index contributed by atoms with van der Waals surface area (Å²) in [4.78, 5) is 15.1. The molecule has 0 aliphatic rings. The molecule has 5 nitrogen and oxygen atoms in total. The van der Waals surface area contributed by atoms with E-state index in [4.69, 9.17) is 4.52 Å². The number of hydrogen-bond donors (Lipinski definition) is 2. The molecular weight excluding hydrogens is 242 g/mol. The van der Waals surface area contributed by atoms with E-state index >= 15 is 0 Å². The largest absolute Gasteiger partial charge is 0.360 e. The van der Waals surface area contributed by atoms with Crippen molar-refractivity contribution in [3.8, 4) is 0 Å². The van der Waals surface area contributed by atoms with Gasteiger partial charge in [-0.05, 0) is 32.0 Å². The Labute approximate surface area is 109 Å². The van der Waals surface area contributed by atoms with Crippen LogP contribution >= 0.6 is 0 Å². The van der Waals surface area contributed by atoms with Crippen molar-refractivity contribution in [3.63, 3.8) is 0 Å². The maximum absolute atomic E-state index is 12.1. The Hall–Kier alpha value is -2.56. The molecule has 0 aliphatic heterocycles. The van der Waals surface area contributed by atoms with Gasteiger partial charge in [0.25, 0.3) is 5.91 Å². The van der Waals surface area contributed by atoms with Crippen molar-refractivity contribution in [2.75, 3.05) is 5.32 Å². The van der Waals surface area contributed by atoms with Gasteiger partial charge in [-0.2, -0.15) is 0 Å². The number of rotatable bonds is 2. The third kappa shape index (κ3) is 2.22. The molecule has 2 N–H and O–H groups in total. The highest BCUT2D eigenvalue weighted by molar-refractivity contribution is 6.05. The molecule has 3 aromatic rings. The first-order chi connectivity index (χ1) is 9.11. The lowest BCUT2D eigenvalue weighted by Gasteiger charge is -1.97. The van der Waals surface area contributed by atoms with E-state index < -0.39 is 0 Å². The zero-order valence-corrected chi connectivity index (χ0v) is 10.7. The van der Waals surface area contributed by atoms with E-state index in [0.29, 0.717) is 17.3 Å². The van der Waals surface area contributed by atoms with E-state index in [-0.39, 0.29) is 5.91 Å². The van der Waals surface area contributed by atoms with Gasteiger partial charge in [-0.25, -0.2) is 0 Å². The van der Waals surface area contributed by atoms with Crippen LogP contribution in [0.15, 0.2) is 34.9 Å². The Balaban J connectivity index is 1.89. The topological polar surface area (TPSA) is 70.9 Å². The van der Waals surface area contributed by atoms with Crippen LogP contribution in [0.5, 0.6) is 0 Å². The van der Waals surface area contributed by atoms with Crippen LogP contribution < -0.4 is 5.32 Å². The molecule has 96 valence electrons. The van der Waals surface area contributed by atoms with Crippen LogP contribution in [0.4, 0.5) is 5.82 Å². The van der Waals surface area contributed by atoms with Crippen LogP contribution in [-0.2, 0) is 0 Å². The van der Waals surface area contributed by atoms with Gasteiger partial charge < -0.3 is 14.8 Å². The van der Waals surface area contributed by atoms with Crippen molar-refractivity contribution in [2.24, 2.45) is 0 Å². The summed E-state index contributed by atoms with van der Waals surface area (Å²) in [6.07, 6.45) is 0. The summed E-state index contributed by atoms with van der Waals surface area (Å²) in [5, 5.41) is 7.42. The highest BCUT2D eigenvalue weighted by Crippen LogP contribution is 2.18. The Bertz CT molecular complexity index is 755. The molecule has 3 rings (SSSR count). The van der Waals surface area contributed by atoms with Crippen molar-refractivity contribution in [1.29, 1.82) is 0 Å². The molecule has 0 spiro atoms. The first-order valence-electron chi connectivity index (χ1n) is 5.96. The summed E-state index contributed by atoms with van der Waals surface area (Å²) in [6, 6.07) is 9.49. The fourth-order valence-corrected chi connectivity index (χ4v) is 1.98. The van der Waals surface area contributed by atoms with E-state index in [1.165, 1.54) is 0 Å². The normalized spacial score (nSPS) is 10.8. The van der Waals surface area contributed by atoms with Crippen LogP contribution in [0.1, 0.15) is 21.8 Å². The molecule has 0 atom stereocenters. The maximum Gasteiger partial charge on any atom is 0.273 e. The van der Waals surface area contributed by atoms with Crippen LogP contribution in [0, 0.1) is 13.8 Å². The molecule has 2 aromatic heterocycles. The number of benzene rings is 1. The Morgan fingerprint density at radius 1 is 1.26 bits per heavy atom. The maximum atomic E-state index is 12.1. The van der Waals surface area contributed by atoms with Crippen LogP contribution in [0.25, 0.3) is 10.9 Å². The van der Waals surface area contributed by atoms with E-state index in [1.807, 2.05) is 31.2 Å². The second-order valence-electron chi connectivity index (χ2n) is 4.55. The first kappa shape index (κ1) is 11.5.